The molecule has 0 radical (unpaired) electrons. The van der Waals surface area contributed by atoms with E-state index in [0.717, 1.165) is 6.20 Å². The molecule has 0 aliphatic rings. The van der Waals surface area contributed by atoms with Crippen LogP contribution in [0.5, 0.6) is 0 Å². The first-order valence-corrected chi connectivity index (χ1v) is 8.47. The molecule has 0 spiro atoms. The monoisotopic (exact) mass is 415 g/mol. The Bertz CT molecular complexity index is 1020. The number of aromatic nitrogens is 2. The molecule has 0 aliphatic heterocycles. The minimum atomic E-state index is -0.513. The SMILES string of the molecule is O=C(Cn1c(=O)cnc2ccccc21)Nc1c(Cl)c(Cl)cc(Cl)c1Cl. The van der Waals surface area contributed by atoms with Crippen LogP contribution in [0.4, 0.5) is 5.69 Å². The molecule has 0 atom stereocenters. The zero-order valence-corrected chi connectivity index (χ0v) is 15.4. The fourth-order valence-corrected chi connectivity index (χ4v) is 3.19. The van der Waals surface area contributed by atoms with E-state index in [1.807, 2.05) is 0 Å². The molecule has 1 heterocycles. The van der Waals surface area contributed by atoms with Gasteiger partial charge in [-0.25, -0.2) is 4.98 Å². The van der Waals surface area contributed by atoms with Gasteiger partial charge in [0.2, 0.25) is 5.91 Å². The van der Waals surface area contributed by atoms with Crippen molar-refractivity contribution >= 4 is 69.0 Å². The Morgan fingerprint density at radius 3 is 2.40 bits per heavy atom. The number of para-hydroxylation sites is 2. The summed E-state index contributed by atoms with van der Waals surface area (Å²) in [5, 5.41) is 2.98. The molecule has 0 fully saturated rings. The number of nitrogens with one attached hydrogen (secondary N) is 1. The molecule has 3 aromatic rings. The number of carbonyl (C=O) groups excluding carboxylic acids is 1. The Balaban J connectivity index is 1.95. The number of anilines is 1. The summed E-state index contributed by atoms with van der Waals surface area (Å²) in [4.78, 5) is 28.5. The number of benzene rings is 2. The van der Waals surface area contributed by atoms with Crippen LogP contribution in [-0.2, 0) is 11.3 Å². The number of rotatable bonds is 3. The largest absolute Gasteiger partial charge is 0.322 e. The van der Waals surface area contributed by atoms with Gasteiger partial charge in [0.15, 0.2) is 0 Å². The third kappa shape index (κ3) is 3.60. The second kappa shape index (κ2) is 7.22. The Kier molecular flexibility index (Phi) is 5.20. The quantitative estimate of drug-likeness (QED) is 0.632. The lowest BCUT2D eigenvalue weighted by atomic mass is 10.3. The summed E-state index contributed by atoms with van der Waals surface area (Å²) in [6.07, 6.45) is 1.16. The van der Waals surface area contributed by atoms with E-state index in [4.69, 9.17) is 46.4 Å². The topological polar surface area (TPSA) is 64.0 Å². The first-order chi connectivity index (χ1) is 11.9. The van der Waals surface area contributed by atoms with E-state index < -0.39 is 11.5 Å². The van der Waals surface area contributed by atoms with Crippen LogP contribution in [0.2, 0.25) is 20.1 Å². The van der Waals surface area contributed by atoms with Crippen LogP contribution in [0.25, 0.3) is 11.0 Å². The third-order valence-corrected chi connectivity index (χ3v) is 5.01. The van der Waals surface area contributed by atoms with Crippen LogP contribution in [0, 0.1) is 0 Å². The normalized spacial score (nSPS) is 10.9. The summed E-state index contributed by atoms with van der Waals surface area (Å²) in [6, 6.07) is 8.37. The van der Waals surface area contributed by atoms with Crippen molar-refractivity contribution in [2.45, 2.75) is 6.54 Å². The van der Waals surface area contributed by atoms with E-state index in [0.29, 0.717) is 11.0 Å². The van der Waals surface area contributed by atoms with Gasteiger partial charge in [-0.3, -0.25) is 14.2 Å². The highest BCUT2D eigenvalue weighted by Crippen LogP contribution is 2.40. The van der Waals surface area contributed by atoms with Gasteiger partial charge in [0, 0.05) is 0 Å². The Hall–Kier alpha value is -1.79. The van der Waals surface area contributed by atoms with Crippen molar-refractivity contribution in [2.24, 2.45) is 0 Å². The van der Waals surface area contributed by atoms with Gasteiger partial charge in [0.25, 0.3) is 5.56 Å². The second-order valence-corrected chi connectivity index (χ2v) is 6.63. The Labute approximate surface area is 162 Å². The first kappa shape index (κ1) is 18.0. The van der Waals surface area contributed by atoms with Crippen molar-refractivity contribution in [1.29, 1.82) is 0 Å². The summed E-state index contributed by atoms with van der Waals surface area (Å²) in [7, 11) is 0. The number of halogens is 4. The highest BCUT2D eigenvalue weighted by atomic mass is 35.5. The summed E-state index contributed by atoms with van der Waals surface area (Å²) in [5.41, 5.74) is 0.815. The van der Waals surface area contributed by atoms with E-state index in [9.17, 15) is 9.59 Å². The standard InChI is InChI=1S/C16H9Cl4N3O2/c17-8-5-9(18)15(20)16(14(8)19)22-12(24)7-23-11-4-2-1-3-10(11)21-6-13(23)25/h1-6H,7H2,(H,22,24). The van der Waals surface area contributed by atoms with Gasteiger partial charge in [-0.2, -0.15) is 0 Å². The maximum absolute atomic E-state index is 12.4. The number of fused-ring (bicyclic) bond motifs is 1. The molecule has 0 unspecified atom stereocenters. The third-order valence-electron chi connectivity index (χ3n) is 3.43. The van der Waals surface area contributed by atoms with Crippen molar-refractivity contribution in [3.05, 3.63) is 67.0 Å². The highest BCUT2D eigenvalue weighted by molar-refractivity contribution is 6.50. The minimum Gasteiger partial charge on any atom is -0.322 e. The van der Waals surface area contributed by atoms with Crippen LogP contribution in [-0.4, -0.2) is 15.5 Å². The molecule has 3 rings (SSSR count). The molecule has 1 amide bonds. The molecular weight excluding hydrogens is 408 g/mol. The predicted molar refractivity (Wildman–Crippen MR) is 101 cm³/mol. The zero-order valence-electron chi connectivity index (χ0n) is 12.4. The smallest absolute Gasteiger partial charge is 0.269 e. The number of amides is 1. The Morgan fingerprint density at radius 1 is 1.08 bits per heavy atom. The highest BCUT2D eigenvalue weighted by Gasteiger charge is 2.17. The van der Waals surface area contributed by atoms with Crippen LogP contribution < -0.4 is 10.9 Å². The van der Waals surface area contributed by atoms with Gasteiger partial charge < -0.3 is 5.32 Å². The summed E-state index contributed by atoms with van der Waals surface area (Å²) < 4.78 is 1.30. The minimum absolute atomic E-state index is 0.0661. The van der Waals surface area contributed by atoms with Gasteiger partial charge in [-0.15, -0.1) is 0 Å². The molecule has 2 aromatic carbocycles. The van der Waals surface area contributed by atoms with E-state index in [1.54, 1.807) is 24.3 Å². The van der Waals surface area contributed by atoms with Crippen molar-refractivity contribution in [3.8, 4) is 0 Å². The van der Waals surface area contributed by atoms with Crippen molar-refractivity contribution in [1.82, 2.24) is 9.55 Å². The van der Waals surface area contributed by atoms with E-state index in [2.05, 4.69) is 10.3 Å². The molecule has 128 valence electrons. The molecular formula is C16H9Cl4N3O2. The van der Waals surface area contributed by atoms with Gasteiger partial charge in [0.1, 0.15) is 6.54 Å². The summed E-state index contributed by atoms with van der Waals surface area (Å²) >= 11 is 24.0. The number of nitrogens with zero attached hydrogens (tertiary/aromatic N) is 2. The van der Waals surface area contributed by atoms with Gasteiger partial charge >= 0.3 is 0 Å². The molecule has 1 N–H and O–H groups in total. The fraction of sp³-hybridized carbons (Fsp3) is 0.0625. The van der Waals surface area contributed by atoms with Crippen LogP contribution in [0.3, 0.4) is 0 Å². The molecule has 5 nitrogen and oxygen atoms in total. The number of carbonyl (C=O) groups is 1. The van der Waals surface area contributed by atoms with Gasteiger partial charge in [-0.05, 0) is 18.2 Å². The summed E-state index contributed by atoms with van der Waals surface area (Å²) in [5.74, 6) is -0.513. The molecule has 0 saturated carbocycles. The predicted octanol–water partition coefficient (Wildman–Crippen LogP) is 4.65. The lowest BCUT2D eigenvalue weighted by Gasteiger charge is -2.13. The molecule has 25 heavy (non-hydrogen) atoms. The Morgan fingerprint density at radius 2 is 1.72 bits per heavy atom. The van der Waals surface area contributed by atoms with Crippen molar-refractivity contribution < 1.29 is 4.79 Å². The average molecular weight is 417 g/mol. The molecule has 1 aromatic heterocycles. The number of hydrogen-bond donors (Lipinski definition) is 1. The van der Waals surface area contributed by atoms with Crippen LogP contribution in [0.1, 0.15) is 0 Å². The van der Waals surface area contributed by atoms with E-state index >= 15 is 0 Å². The molecule has 0 saturated heterocycles. The summed E-state index contributed by atoms with van der Waals surface area (Å²) in [6.45, 7) is -0.251. The van der Waals surface area contributed by atoms with Crippen molar-refractivity contribution in [2.75, 3.05) is 5.32 Å². The van der Waals surface area contributed by atoms with Gasteiger partial charge in [-0.1, -0.05) is 58.5 Å². The first-order valence-electron chi connectivity index (χ1n) is 6.96. The second-order valence-electron chi connectivity index (χ2n) is 5.06. The van der Waals surface area contributed by atoms with E-state index in [1.165, 1.54) is 10.6 Å². The van der Waals surface area contributed by atoms with Crippen LogP contribution >= 0.6 is 46.4 Å². The zero-order chi connectivity index (χ0) is 18.1. The lowest BCUT2D eigenvalue weighted by molar-refractivity contribution is -0.116. The molecule has 0 bridgehead atoms. The molecule has 0 aliphatic carbocycles. The van der Waals surface area contributed by atoms with Gasteiger partial charge in [0.05, 0.1) is 43.0 Å². The van der Waals surface area contributed by atoms with Crippen LogP contribution in [0.15, 0.2) is 41.3 Å². The maximum atomic E-state index is 12.4. The van der Waals surface area contributed by atoms with Crippen molar-refractivity contribution in [3.63, 3.8) is 0 Å². The molecule has 9 heteroatoms. The van der Waals surface area contributed by atoms with E-state index in [-0.39, 0.29) is 32.3 Å². The fourth-order valence-electron chi connectivity index (χ4n) is 2.28. The average Bonchev–Trinajstić information content (AvgIpc) is 2.59. The number of hydrogen-bond acceptors (Lipinski definition) is 3. The lowest BCUT2D eigenvalue weighted by Crippen LogP contribution is -2.28. The maximum Gasteiger partial charge on any atom is 0.269 e.